The van der Waals surface area contributed by atoms with E-state index in [0.29, 0.717) is 49.6 Å². The van der Waals surface area contributed by atoms with E-state index in [4.69, 9.17) is 4.74 Å². The average Bonchev–Trinajstić information content (AvgIpc) is 3.65. The van der Waals surface area contributed by atoms with Crippen molar-refractivity contribution < 1.29 is 13.9 Å². The molecular formula is C39H40FN9O3. The van der Waals surface area contributed by atoms with Crippen LogP contribution >= 0.6 is 0 Å². The molecule has 12 nitrogen and oxygen atoms in total. The number of pyridine rings is 1. The largest absolute Gasteiger partial charge is 0.455 e. The quantitative estimate of drug-likeness (QED) is 0.179. The van der Waals surface area contributed by atoms with Crippen LogP contribution in [0.25, 0.3) is 22.3 Å². The van der Waals surface area contributed by atoms with E-state index in [1.807, 2.05) is 41.6 Å². The van der Waals surface area contributed by atoms with Gasteiger partial charge in [-0.1, -0.05) is 22.6 Å². The molecule has 52 heavy (non-hydrogen) atoms. The van der Waals surface area contributed by atoms with Gasteiger partial charge in [0.25, 0.3) is 0 Å². The fourth-order valence-corrected chi connectivity index (χ4v) is 7.15. The van der Waals surface area contributed by atoms with Gasteiger partial charge >= 0.3 is 5.97 Å². The van der Waals surface area contributed by atoms with Gasteiger partial charge in [0.15, 0.2) is 0 Å². The van der Waals surface area contributed by atoms with E-state index in [1.165, 1.54) is 17.2 Å². The molecule has 0 radical (unpaired) electrons. The molecule has 0 atom stereocenters. The maximum atomic E-state index is 15.8. The fourth-order valence-electron chi connectivity index (χ4n) is 7.15. The zero-order valence-corrected chi connectivity index (χ0v) is 29.7. The van der Waals surface area contributed by atoms with Crippen molar-refractivity contribution in [2.24, 2.45) is 0 Å². The second-order valence-electron chi connectivity index (χ2n) is 14.2. The first-order valence-corrected chi connectivity index (χ1v) is 17.6. The van der Waals surface area contributed by atoms with Crippen molar-refractivity contribution in [3.05, 3.63) is 122 Å². The van der Waals surface area contributed by atoms with E-state index < -0.39 is 17.2 Å². The molecule has 2 fully saturated rings. The number of aromatic nitrogens is 7. The van der Waals surface area contributed by atoms with Gasteiger partial charge in [0.05, 0.1) is 40.7 Å². The van der Waals surface area contributed by atoms with Gasteiger partial charge in [0, 0.05) is 50.3 Å². The Morgan fingerprint density at radius 3 is 1.94 bits per heavy atom. The van der Waals surface area contributed by atoms with Gasteiger partial charge < -0.3 is 14.2 Å². The fraction of sp³-hybridized carbons (Fsp3) is 0.333. The number of hydrogen-bond acceptors (Lipinski definition) is 9. The SMILES string of the molecule is Cc1cc(C)cc(-n2cc(COC(=O)c3cn(C4CC4)c4cc(N5CCN(Cc6cn(-c7cc(C)cc(C)c7)nn6)CC5)c(F)cc4c3=O)nn2)c1. The Bertz CT molecular complexity index is 2340. The van der Waals surface area contributed by atoms with Crippen molar-refractivity contribution in [2.75, 3.05) is 31.1 Å². The zero-order chi connectivity index (χ0) is 36.1. The number of anilines is 1. The molecule has 0 bridgehead atoms. The van der Waals surface area contributed by atoms with Gasteiger partial charge in [-0.25, -0.2) is 18.5 Å². The highest BCUT2D eigenvalue weighted by Gasteiger charge is 2.29. The predicted octanol–water partition coefficient (Wildman–Crippen LogP) is 5.55. The van der Waals surface area contributed by atoms with Crippen LogP contribution in [0.3, 0.4) is 0 Å². The van der Waals surface area contributed by atoms with E-state index in [0.717, 1.165) is 41.0 Å². The molecule has 1 aliphatic carbocycles. The van der Waals surface area contributed by atoms with E-state index in [9.17, 15) is 9.59 Å². The number of rotatable bonds is 9. The van der Waals surface area contributed by atoms with Gasteiger partial charge in [-0.3, -0.25) is 9.69 Å². The van der Waals surface area contributed by atoms with Crippen LogP contribution in [0.4, 0.5) is 10.1 Å². The zero-order valence-electron chi connectivity index (χ0n) is 29.7. The Morgan fingerprint density at radius 1 is 0.769 bits per heavy atom. The molecule has 1 saturated carbocycles. The van der Waals surface area contributed by atoms with Crippen molar-refractivity contribution in [3.8, 4) is 11.4 Å². The summed E-state index contributed by atoms with van der Waals surface area (Å²) in [6.07, 6.45) is 7.05. The summed E-state index contributed by atoms with van der Waals surface area (Å²) < 4.78 is 26.7. The Balaban J connectivity index is 0.961. The third-order valence-electron chi connectivity index (χ3n) is 9.73. The first-order chi connectivity index (χ1) is 25.1. The van der Waals surface area contributed by atoms with Crippen LogP contribution in [-0.4, -0.2) is 71.6 Å². The normalized spacial score (nSPS) is 15.1. The Labute approximate surface area is 300 Å². The number of esters is 1. The molecule has 2 aliphatic rings. The smallest absolute Gasteiger partial charge is 0.344 e. The van der Waals surface area contributed by atoms with Crippen LogP contribution in [0.2, 0.25) is 0 Å². The number of ether oxygens (including phenoxy) is 1. The van der Waals surface area contributed by atoms with Gasteiger partial charge in [-0.15, -0.1) is 10.2 Å². The molecule has 1 saturated heterocycles. The summed E-state index contributed by atoms with van der Waals surface area (Å²) in [5.74, 6) is -1.28. The van der Waals surface area contributed by atoms with Crippen molar-refractivity contribution >= 4 is 22.6 Å². The first-order valence-electron chi connectivity index (χ1n) is 17.6. The lowest BCUT2D eigenvalue weighted by molar-refractivity contribution is 0.0465. The average molecular weight is 702 g/mol. The number of hydrogen-bond donors (Lipinski definition) is 0. The van der Waals surface area contributed by atoms with Gasteiger partial charge in [0.2, 0.25) is 5.43 Å². The molecular weight excluding hydrogens is 661 g/mol. The number of carbonyl (C=O) groups excluding carboxylic acids is 1. The van der Waals surface area contributed by atoms with Crippen LogP contribution in [0.5, 0.6) is 0 Å². The number of piperazine rings is 1. The van der Waals surface area contributed by atoms with E-state index >= 15 is 4.39 Å². The lowest BCUT2D eigenvalue weighted by Crippen LogP contribution is -2.46. The van der Waals surface area contributed by atoms with E-state index in [2.05, 4.69) is 63.6 Å². The number of nitrogens with zero attached hydrogens (tertiary/aromatic N) is 9. The summed E-state index contributed by atoms with van der Waals surface area (Å²) in [4.78, 5) is 31.3. The second kappa shape index (κ2) is 13.5. The van der Waals surface area contributed by atoms with E-state index in [1.54, 1.807) is 27.8 Å². The first kappa shape index (κ1) is 33.5. The minimum Gasteiger partial charge on any atom is -0.455 e. The lowest BCUT2D eigenvalue weighted by Gasteiger charge is -2.36. The molecule has 0 N–H and O–H groups in total. The van der Waals surface area contributed by atoms with Crippen molar-refractivity contribution in [1.29, 1.82) is 0 Å². The molecule has 0 spiro atoms. The molecule has 0 unspecified atom stereocenters. The number of aryl methyl sites for hydroxylation is 4. The Kier molecular flexibility index (Phi) is 8.66. The summed E-state index contributed by atoms with van der Waals surface area (Å²) in [5.41, 5.74) is 8.05. The second-order valence-corrected chi connectivity index (χ2v) is 14.2. The topological polar surface area (TPSA) is 116 Å². The summed E-state index contributed by atoms with van der Waals surface area (Å²) in [6, 6.07) is 15.5. The predicted molar refractivity (Wildman–Crippen MR) is 195 cm³/mol. The molecule has 0 amide bonds. The number of fused-ring (bicyclic) bond motifs is 1. The third-order valence-corrected chi connectivity index (χ3v) is 9.73. The number of benzene rings is 3. The van der Waals surface area contributed by atoms with E-state index in [-0.39, 0.29) is 23.6 Å². The molecule has 3 aromatic carbocycles. The lowest BCUT2D eigenvalue weighted by atomic mass is 10.1. The molecule has 3 aromatic heterocycles. The van der Waals surface area contributed by atoms with Gasteiger partial charge in [0.1, 0.15) is 23.7 Å². The van der Waals surface area contributed by atoms with Crippen LogP contribution in [-0.2, 0) is 17.9 Å². The van der Waals surface area contributed by atoms with Crippen LogP contribution < -0.4 is 10.3 Å². The summed E-state index contributed by atoms with van der Waals surface area (Å²) >= 11 is 0. The van der Waals surface area contributed by atoms with Crippen molar-refractivity contribution in [3.63, 3.8) is 0 Å². The Hall–Kier alpha value is -5.69. The molecule has 6 aromatic rings. The van der Waals surface area contributed by atoms with Gasteiger partial charge in [-0.05, 0) is 99.2 Å². The highest BCUT2D eigenvalue weighted by atomic mass is 19.1. The maximum Gasteiger partial charge on any atom is 0.344 e. The molecule has 8 rings (SSSR count). The Morgan fingerprint density at radius 2 is 1.35 bits per heavy atom. The molecule has 266 valence electrons. The van der Waals surface area contributed by atoms with Crippen molar-refractivity contribution in [2.45, 2.75) is 59.7 Å². The standard InChI is InChI=1S/C39H40FN9O3/c1-24-11-25(2)14-31(13-24)48-20-28(41-43-48)19-45-7-9-46(10-8-45)37-18-36-33(17-35(37)40)38(50)34(22-47(36)30-5-6-30)39(51)52-23-29-21-49(44-42-29)32-15-26(3)12-27(4)16-32/h11-18,20-22,30H,5-10,19,23H2,1-4H3. The minimum atomic E-state index is -0.781. The van der Waals surface area contributed by atoms with Crippen LogP contribution in [0, 0.1) is 33.5 Å². The van der Waals surface area contributed by atoms with Crippen LogP contribution in [0.1, 0.15) is 62.9 Å². The van der Waals surface area contributed by atoms with Crippen molar-refractivity contribution in [1.82, 2.24) is 39.5 Å². The van der Waals surface area contributed by atoms with Crippen LogP contribution in [0.15, 0.2) is 71.9 Å². The maximum absolute atomic E-state index is 15.8. The highest BCUT2D eigenvalue weighted by Crippen LogP contribution is 2.38. The summed E-state index contributed by atoms with van der Waals surface area (Å²) in [5, 5.41) is 17.2. The number of carbonyl (C=O) groups is 1. The molecule has 4 heterocycles. The summed E-state index contributed by atoms with van der Waals surface area (Å²) in [7, 11) is 0. The molecule has 13 heteroatoms. The highest BCUT2D eigenvalue weighted by molar-refractivity contribution is 5.94. The third kappa shape index (κ3) is 6.83. The van der Waals surface area contributed by atoms with Gasteiger partial charge in [-0.2, -0.15) is 0 Å². The minimum absolute atomic E-state index is 0.125. The number of halogens is 1. The summed E-state index contributed by atoms with van der Waals surface area (Å²) in [6.45, 7) is 11.3. The monoisotopic (exact) mass is 701 g/mol. The molecule has 1 aliphatic heterocycles.